The van der Waals surface area contributed by atoms with Crippen LogP contribution in [0, 0.1) is 5.70 Å². The van der Waals surface area contributed by atoms with Gasteiger partial charge in [-0.15, -0.1) is 11.3 Å². The average molecular weight is 195 g/mol. The standard InChI is InChI=1S/C8H7O2SSi/c1-3-12(2)7-4-6(5-11-7)10-8(12)9/h4-5H,1H2,2H3. The quantitative estimate of drug-likeness (QED) is 0.637. The molecule has 0 saturated carbocycles. The fourth-order valence-corrected chi connectivity index (χ4v) is 4.51. The maximum absolute atomic E-state index is 11.4. The second kappa shape index (κ2) is 2.31. The molecule has 1 radical (unpaired) electrons. The van der Waals surface area contributed by atoms with Gasteiger partial charge in [0.15, 0.2) is 0 Å². The van der Waals surface area contributed by atoms with E-state index in [-0.39, 0.29) is 5.59 Å². The summed E-state index contributed by atoms with van der Waals surface area (Å²) in [4.78, 5) is 11.4. The van der Waals surface area contributed by atoms with Crippen molar-refractivity contribution in [2.45, 2.75) is 6.55 Å². The highest BCUT2D eigenvalue weighted by atomic mass is 32.1. The molecule has 0 aromatic carbocycles. The van der Waals surface area contributed by atoms with Crippen molar-refractivity contribution in [1.29, 1.82) is 0 Å². The van der Waals surface area contributed by atoms with E-state index in [1.54, 1.807) is 11.3 Å². The van der Waals surface area contributed by atoms with Crippen LogP contribution in [0.4, 0.5) is 4.79 Å². The minimum absolute atomic E-state index is 0.147. The summed E-state index contributed by atoms with van der Waals surface area (Å²) in [7, 11) is -2.25. The van der Waals surface area contributed by atoms with E-state index < -0.39 is 8.07 Å². The van der Waals surface area contributed by atoms with E-state index in [1.807, 2.05) is 18.0 Å². The van der Waals surface area contributed by atoms with Crippen molar-refractivity contribution in [3.63, 3.8) is 0 Å². The molecule has 2 bridgehead atoms. The van der Waals surface area contributed by atoms with Crippen LogP contribution in [-0.2, 0) is 0 Å². The van der Waals surface area contributed by atoms with Crippen LogP contribution in [0.25, 0.3) is 0 Å². The van der Waals surface area contributed by atoms with Gasteiger partial charge >= 0.3 is 0 Å². The summed E-state index contributed by atoms with van der Waals surface area (Å²) in [6.45, 7) is 5.48. The Labute approximate surface area is 75.5 Å². The van der Waals surface area contributed by atoms with Crippen LogP contribution in [0.1, 0.15) is 0 Å². The lowest BCUT2D eigenvalue weighted by atomic mass is 10.6. The molecule has 0 amide bonds. The van der Waals surface area contributed by atoms with Crippen molar-refractivity contribution in [3.05, 3.63) is 23.7 Å². The molecule has 1 aliphatic rings. The predicted molar refractivity (Wildman–Crippen MR) is 50.5 cm³/mol. The van der Waals surface area contributed by atoms with E-state index >= 15 is 0 Å². The maximum Gasteiger partial charge on any atom is 0.288 e. The number of carbonyl (C=O) groups excluding carboxylic acids is 1. The highest BCUT2D eigenvalue weighted by molar-refractivity contribution is 7.33. The number of carbonyl (C=O) groups is 1. The molecule has 2 nitrogen and oxygen atoms in total. The molecule has 0 aliphatic carbocycles. The topological polar surface area (TPSA) is 26.3 Å². The van der Waals surface area contributed by atoms with E-state index in [2.05, 4.69) is 12.3 Å². The van der Waals surface area contributed by atoms with Gasteiger partial charge in [0.2, 0.25) is 0 Å². The summed E-state index contributed by atoms with van der Waals surface area (Å²) in [6, 6.07) is 1.91. The Balaban J connectivity index is 2.62. The molecule has 0 spiro atoms. The van der Waals surface area contributed by atoms with Gasteiger partial charge in [-0.3, -0.25) is 4.79 Å². The lowest BCUT2D eigenvalue weighted by molar-refractivity contribution is 0.223. The highest BCUT2D eigenvalue weighted by Gasteiger charge is 2.43. The smallest absolute Gasteiger partial charge is 0.288 e. The zero-order valence-electron chi connectivity index (χ0n) is 6.59. The van der Waals surface area contributed by atoms with Gasteiger partial charge in [-0.1, -0.05) is 13.1 Å². The zero-order valence-corrected chi connectivity index (χ0v) is 8.40. The largest absolute Gasteiger partial charge is 0.429 e. The van der Waals surface area contributed by atoms with Gasteiger partial charge in [-0.05, 0) is 11.8 Å². The minimum atomic E-state index is -2.25. The lowest BCUT2D eigenvalue weighted by Gasteiger charge is -2.20. The van der Waals surface area contributed by atoms with Crippen LogP contribution in [-0.4, -0.2) is 13.7 Å². The second-order valence-corrected chi connectivity index (χ2v) is 7.66. The van der Waals surface area contributed by atoms with Gasteiger partial charge in [0.25, 0.3) is 13.7 Å². The SMILES string of the molecule is C=[C][Si]1(C)C(=O)Oc2csc1c2. The third-order valence-corrected chi connectivity index (χ3v) is 7.10. The number of ether oxygens (including phenoxy) is 1. The summed E-state index contributed by atoms with van der Waals surface area (Å²) in [5.41, 5.74) is 2.70. The third-order valence-electron chi connectivity index (χ3n) is 2.04. The molecule has 61 valence electrons. The zero-order chi connectivity index (χ0) is 8.77. The summed E-state index contributed by atoms with van der Waals surface area (Å²) in [5, 5.41) is 1.85. The molecular weight excluding hydrogens is 188 g/mol. The van der Waals surface area contributed by atoms with Crippen molar-refractivity contribution in [2.24, 2.45) is 0 Å². The van der Waals surface area contributed by atoms with E-state index in [0.29, 0.717) is 5.75 Å². The number of rotatable bonds is 1. The first-order valence-corrected chi connectivity index (χ1v) is 6.90. The van der Waals surface area contributed by atoms with Gasteiger partial charge in [0.1, 0.15) is 5.75 Å². The van der Waals surface area contributed by atoms with Crippen molar-refractivity contribution >= 4 is 29.5 Å². The maximum atomic E-state index is 11.4. The molecule has 2 rings (SSSR count). The first kappa shape index (κ1) is 7.76. The molecule has 12 heavy (non-hydrogen) atoms. The van der Waals surface area contributed by atoms with E-state index in [9.17, 15) is 4.79 Å². The Morgan fingerprint density at radius 1 is 1.75 bits per heavy atom. The normalized spacial score (nSPS) is 26.6. The summed E-state index contributed by atoms with van der Waals surface area (Å²) < 4.78 is 6.15. The van der Waals surface area contributed by atoms with E-state index in [0.717, 1.165) is 4.50 Å². The van der Waals surface area contributed by atoms with Crippen LogP contribution in [0.3, 0.4) is 0 Å². The van der Waals surface area contributed by atoms with E-state index in [1.165, 1.54) is 0 Å². The Bertz CT molecular complexity index is 358. The first-order valence-electron chi connectivity index (χ1n) is 3.52. The van der Waals surface area contributed by atoms with Gasteiger partial charge in [-0.25, -0.2) is 0 Å². The summed E-state index contributed by atoms with van der Waals surface area (Å²) >= 11 is 1.56. The van der Waals surface area contributed by atoms with Crippen LogP contribution >= 0.6 is 11.3 Å². The third kappa shape index (κ3) is 0.819. The van der Waals surface area contributed by atoms with Crippen LogP contribution < -0.4 is 9.24 Å². The molecule has 1 aromatic heterocycles. The van der Waals surface area contributed by atoms with Gasteiger partial charge in [-0.2, -0.15) is 0 Å². The molecule has 4 heteroatoms. The van der Waals surface area contributed by atoms with Crippen LogP contribution in [0.15, 0.2) is 18.0 Å². The number of fused-ring (bicyclic) bond motifs is 2. The highest BCUT2D eigenvalue weighted by Crippen LogP contribution is 2.25. The summed E-state index contributed by atoms with van der Waals surface area (Å²) in [5.74, 6) is 0.667. The molecule has 1 atom stereocenters. The Kier molecular flexibility index (Phi) is 1.49. The number of thiophene rings is 1. The van der Waals surface area contributed by atoms with Crippen molar-refractivity contribution in [1.82, 2.24) is 0 Å². The molecule has 1 unspecified atom stereocenters. The van der Waals surface area contributed by atoms with Crippen molar-refractivity contribution < 1.29 is 9.53 Å². The molecule has 0 fully saturated rings. The molecule has 1 aliphatic heterocycles. The summed E-state index contributed by atoms with van der Waals surface area (Å²) in [6.07, 6.45) is 0. The average Bonchev–Trinajstić information content (AvgIpc) is 2.47. The van der Waals surface area contributed by atoms with Crippen LogP contribution in [0.5, 0.6) is 5.75 Å². The molecule has 1 aromatic rings. The van der Waals surface area contributed by atoms with Crippen LogP contribution in [0.2, 0.25) is 6.55 Å². The lowest BCUT2D eigenvalue weighted by Crippen LogP contribution is -2.53. The van der Waals surface area contributed by atoms with Gasteiger partial charge in [0, 0.05) is 9.88 Å². The fourth-order valence-electron chi connectivity index (χ4n) is 1.10. The number of hydrogen-bond donors (Lipinski definition) is 0. The van der Waals surface area contributed by atoms with Gasteiger partial charge in [0.05, 0.1) is 0 Å². The fraction of sp³-hybridized carbons (Fsp3) is 0.125. The number of hydrogen-bond acceptors (Lipinski definition) is 3. The second-order valence-electron chi connectivity index (χ2n) is 2.84. The Morgan fingerprint density at radius 2 is 2.50 bits per heavy atom. The van der Waals surface area contributed by atoms with Crippen molar-refractivity contribution in [3.8, 4) is 5.75 Å². The molecule has 0 saturated heterocycles. The monoisotopic (exact) mass is 195 g/mol. The predicted octanol–water partition coefficient (Wildman–Crippen LogP) is 1.66. The Morgan fingerprint density at radius 3 is 3.17 bits per heavy atom. The van der Waals surface area contributed by atoms with Gasteiger partial charge < -0.3 is 4.74 Å². The molecule has 0 N–H and O–H groups in total. The minimum Gasteiger partial charge on any atom is -0.429 e. The molecule has 2 heterocycles. The first-order chi connectivity index (χ1) is 5.66. The molecular formula is C8H7O2SSi. The van der Waals surface area contributed by atoms with Crippen molar-refractivity contribution in [2.75, 3.05) is 0 Å². The van der Waals surface area contributed by atoms with E-state index in [4.69, 9.17) is 4.74 Å². The Hall–Kier alpha value is -0.873.